The summed E-state index contributed by atoms with van der Waals surface area (Å²) in [5.74, 6) is 0.0768. The Balaban J connectivity index is 4.27. The van der Waals surface area contributed by atoms with E-state index in [1.165, 1.54) is 6.08 Å². The molecule has 4 heteroatoms. The molecule has 0 heterocycles. The Bertz CT molecular complexity index is 221. The Hall–Kier alpha value is -0.613. The maximum absolute atomic E-state index is 11.7. The molecule has 0 saturated heterocycles. The molecule has 88 valence electrons. The van der Waals surface area contributed by atoms with Crippen LogP contribution in [0.15, 0.2) is 12.7 Å². The van der Waals surface area contributed by atoms with Gasteiger partial charge in [-0.15, -0.1) is 0 Å². The second kappa shape index (κ2) is 6.08. The molecular weight excluding hydrogens is 204 g/mol. The molecule has 0 aromatic heterocycles. The van der Waals surface area contributed by atoms with Gasteiger partial charge in [-0.2, -0.15) is 0 Å². The minimum absolute atomic E-state index is 0.0768. The molecule has 0 aliphatic carbocycles. The Morgan fingerprint density at radius 2 is 1.80 bits per heavy atom. The Kier molecular flexibility index (Phi) is 5.83. The fraction of sp³-hybridized carbons (Fsp3) is 0.727. The van der Waals surface area contributed by atoms with Crippen LogP contribution in [0.4, 0.5) is 0 Å². The van der Waals surface area contributed by atoms with E-state index < -0.39 is 8.24 Å². The Morgan fingerprint density at radius 3 is 2.13 bits per heavy atom. The first-order chi connectivity index (χ1) is 6.79. The third-order valence-corrected chi connectivity index (χ3v) is 4.30. The van der Waals surface area contributed by atoms with E-state index in [-0.39, 0.29) is 5.91 Å². The topological polar surface area (TPSA) is 23.6 Å². The molecule has 0 N–H and O–H groups in total. The summed E-state index contributed by atoms with van der Waals surface area (Å²) in [6.45, 7) is 12.0. The fourth-order valence-electron chi connectivity index (χ4n) is 1.43. The Labute approximate surface area is 94.8 Å². The molecule has 0 atom stereocenters. The molecule has 0 aromatic rings. The van der Waals surface area contributed by atoms with E-state index in [0.29, 0.717) is 0 Å². The van der Waals surface area contributed by atoms with Gasteiger partial charge in [-0.1, -0.05) is 26.2 Å². The molecular formula is C11H24N2OSi. The highest BCUT2D eigenvalue weighted by Gasteiger charge is 2.26. The van der Waals surface area contributed by atoms with Crippen molar-refractivity contribution >= 4 is 14.1 Å². The molecule has 1 amide bonds. The molecule has 0 unspecified atom stereocenters. The molecule has 0 saturated carbocycles. The first-order valence-electron chi connectivity index (χ1n) is 5.38. The van der Waals surface area contributed by atoms with Crippen LogP contribution in [-0.2, 0) is 4.79 Å². The van der Waals surface area contributed by atoms with Crippen molar-refractivity contribution in [1.82, 2.24) is 9.47 Å². The maximum atomic E-state index is 11.7. The van der Waals surface area contributed by atoms with E-state index in [2.05, 4.69) is 31.1 Å². The van der Waals surface area contributed by atoms with Crippen molar-refractivity contribution in [3.63, 3.8) is 0 Å². The van der Waals surface area contributed by atoms with Crippen LogP contribution in [0.2, 0.25) is 19.6 Å². The van der Waals surface area contributed by atoms with Gasteiger partial charge in [0.1, 0.15) is 0 Å². The smallest absolute Gasteiger partial charge is 0.238 e. The van der Waals surface area contributed by atoms with Gasteiger partial charge in [0.2, 0.25) is 5.91 Å². The summed E-state index contributed by atoms with van der Waals surface area (Å²) >= 11 is 0. The average Bonchev–Trinajstić information content (AvgIpc) is 2.09. The molecule has 3 nitrogen and oxygen atoms in total. The monoisotopic (exact) mass is 228 g/mol. The van der Waals surface area contributed by atoms with E-state index in [1.807, 2.05) is 18.7 Å². The summed E-state index contributed by atoms with van der Waals surface area (Å²) in [5, 5.41) is 0. The molecule has 0 aromatic carbocycles. The predicted octanol–water partition coefficient (Wildman–Crippen LogP) is 1.79. The lowest BCUT2D eigenvalue weighted by Gasteiger charge is -2.33. The quantitative estimate of drug-likeness (QED) is 0.511. The normalized spacial score (nSPS) is 11.6. The van der Waals surface area contributed by atoms with Crippen LogP contribution in [0.1, 0.15) is 6.42 Å². The minimum Gasteiger partial charge on any atom is -0.366 e. The van der Waals surface area contributed by atoms with Gasteiger partial charge in [-0.3, -0.25) is 4.79 Å². The molecule has 15 heavy (non-hydrogen) atoms. The number of amides is 1. The largest absolute Gasteiger partial charge is 0.366 e. The summed E-state index contributed by atoms with van der Waals surface area (Å²) in [5.41, 5.74) is 0. The SMILES string of the molecule is C=CC(=O)N(CCCN(C)C)[Si](C)(C)C. The highest BCUT2D eigenvalue weighted by molar-refractivity contribution is 6.75. The van der Waals surface area contributed by atoms with E-state index in [9.17, 15) is 4.79 Å². The molecule has 0 radical (unpaired) electrons. The van der Waals surface area contributed by atoms with Gasteiger partial charge >= 0.3 is 0 Å². The predicted molar refractivity (Wildman–Crippen MR) is 68.4 cm³/mol. The van der Waals surface area contributed by atoms with Gasteiger partial charge in [0, 0.05) is 6.54 Å². The zero-order chi connectivity index (χ0) is 12.1. The second-order valence-electron chi connectivity index (χ2n) is 5.02. The first kappa shape index (κ1) is 14.4. The molecule has 0 aliphatic heterocycles. The maximum Gasteiger partial charge on any atom is 0.238 e. The van der Waals surface area contributed by atoms with E-state index >= 15 is 0 Å². The van der Waals surface area contributed by atoms with Gasteiger partial charge in [-0.05, 0) is 33.1 Å². The van der Waals surface area contributed by atoms with Crippen LogP contribution in [0.25, 0.3) is 0 Å². The van der Waals surface area contributed by atoms with Crippen molar-refractivity contribution in [2.75, 3.05) is 27.2 Å². The van der Waals surface area contributed by atoms with Gasteiger partial charge in [0.25, 0.3) is 0 Å². The van der Waals surface area contributed by atoms with Crippen LogP contribution < -0.4 is 0 Å². The number of rotatable bonds is 6. The van der Waals surface area contributed by atoms with Gasteiger partial charge in [0.05, 0.1) is 0 Å². The number of carbonyl (C=O) groups excluding carboxylic acids is 1. The molecule has 0 aliphatic rings. The van der Waals surface area contributed by atoms with E-state index in [4.69, 9.17) is 0 Å². The highest BCUT2D eigenvalue weighted by atomic mass is 28.3. The minimum atomic E-state index is -1.55. The Morgan fingerprint density at radius 1 is 1.27 bits per heavy atom. The molecule has 0 rings (SSSR count). The molecule has 0 spiro atoms. The third-order valence-electron chi connectivity index (χ3n) is 2.24. The van der Waals surface area contributed by atoms with Crippen LogP contribution in [-0.4, -0.2) is 50.8 Å². The lowest BCUT2D eigenvalue weighted by molar-refractivity contribution is -0.122. The molecule has 0 bridgehead atoms. The van der Waals surface area contributed by atoms with Crippen molar-refractivity contribution < 1.29 is 4.79 Å². The van der Waals surface area contributed by atoms with Crippen LogP contribution in [0.3, 0.4) is 0 Å². The summed E-state index contributed by atoms with van der Waals surface area (Å²) in [4.78, 5) is 13.8. The average molecular weight is 228 g/mol. The summed E-state index contributed by atoms with van der Waals surface area (Å²) in [6, 6.07) is 0. The van der Waals surface area contributed by atoms with Crippen molar-refractivity contribution in [2.24, 2.45) is 0 Å². The van der Waals surface area contributed by atoms with E-state index in [0.717, 1.165) is 19.5 Å². The number of hydrogen-bond acceptors (Lipinski definition) is 2. The highest BCUT2D eigenvalue weighted by Crippen LogP contribution is 2.10. The standard InChI is InChI=1S/C11H24N2OSi/c1-7-11(14)13(15(4,5)6)10-8-9-12(2)3/h7H,1,8-10H2,2-6H3. The zero-order valence-corrected chi connectivity index (χ0v) is 11.7. The first-order valence-corrected chi connectivity index (χ1v) is 8.82. The lowest BCUT2D eigenvalue weighted by Crippen LogP contribution is -2.49. The van der Waals surface area contributed by atoms with Gasteiger partial charge in [0.15, 0.2) is 8.24 Å². The number of hydrogen-bond donors (Lipinski definition) is 0. The zero-order valence-electron chi connectivity index (χ0n) is 10.7. The van der Waals surface area contributed by atoms with Crippen molar-refractivity contribution in [1.29, 1.82) is 0 Å². The lowest BCUT2D eigenvalue weighted by atomic mass is 10.4. The van der Waals surface area contributed by atoms with Crippen LogP contribution in [0, 0.1) is 0 Å². The fourth-order valence-corrected chi connectivity index (χ4v) is 3.01. The number of nitrogens with zero attached hydrogens (tertiary/aromatic N) is 2. The second-order valence-corrected chi connectivity index (χ2v) is 9.90. The van der Waals surface area contributed by atoms with Crippen LogP contribution >= 0.6 is 0 Å². The summed E-state index contributed by atoms with van der Waals surface area (Å²) in [7, 11) is 2.55. The molecule has 0 fully saturated rings. The summed E-state index contributed by atoms with van der Waals surface area (Å²) in [6.07, 6.45) is 2.45. The van der Waals surface area contributed by atoms with Gasteiger partial charge in [-0.25, -0.2) is 0 Å². The third kappa shape index (κ3) is 5.74. The van der Waals surface area contributed by atoms with Crippen molar-refractivity contribution in [3.8, 4) is 0 Å². The van der Waals surface area contributed by atoms with Gasteiger partial charge < -0.3 is 9.47 Å². The summed E-state index contributed by atoms with van der Waals surface area (Å²) < 4.78 is 2.00. The number of carbonyl (C=O) groups is 1. The van der Waals surface area contributed by atoms with Crippen molar-refractivity contribution in [3.05, 3.63) is 12.7 Å². The van der Waals surface area contributed by atoms with E-state index in [1.54, 1.807) is 0 Å². The van der Waals surface area contributed by atoms with Crippen LogP contribution in [0.5, 0.6) is 0 Å². The van der Waals surface area contributed by atoms with Crippen molar-refractivity contribution in [2.45, 2.75) is 26.1 Å².